The first kappa shape index (κ1) is 18.2. The van der Waals surface area contributed by atoms with Crippen LogP contribution in [0.5, 0.6) is 11.5 Å². The van der Waals surface area contributed by atoms with Gasteiger partial charge in [0.25, 0.3) is 5.91 Å². The monoisotopic (exact) mass is 376 g/mol. The lowest BCUT2D eigenvalue weighted by molar-refractivity contribution is 0.0731. The van der Waals surface area contributed by atoms with Crippen LogP contribution in [0.15, 0.2) is 41.3 Å². The van der Waals surface area contributed by atoms with Crippen molar-refractivity contribution in [1.82, 2.24) is 4.90 Å². The van der Waals surface area contributed by atoms with Gasteiger partial charge in [0.05, 0.1) is 19.8 Å². The molecule has 0 aliphatic carbocycles. The van der Waals surface area contributed by atoms with Gasteiger partial charge in [0.2, 0.25) is 10.0 Å². The van der Waals surface area contributed by atoms with Gasteiger partial charge in [-0.1, -0.05) is 12.1 Å². The molecule has 2 aromatic rings. The Balaban J connectivity index is 1.94. The lowest BCUT2D eigenvalue weighted by Crippen LogP contribution is -2.36. The molecule has 0 unspecified atom stereocenters. The smallest absolute Gasteiger partial charge is 0.257 e. The standard InChI is InChI=1S/C18H20N2O5S/c1-24-15-6-4-3-5-14(15)18(21)20-8-7-12-10-17(26(19,22)23)16(25-2)9-13(12)11-20/h3-6,9-10H,7-8,11H2,1-2H3,(H2,19,22,23). The van der Waals surface area contributed by atoms with Crippen LogP contribution in [-0.2, 0) is 23.0 Å². The Kier molecular flexibility index (Phi) is 4.88. The van der Waals surface area contributed by atoms with Gasteiger partial charge in [0.1, 0.15) is 16.4 Å². The number of carbonyl (C=O) groups excluding carboxylic acids is 1. The molecule has 0 saturated carbocycles. The quantitative estimate of drug-likeness (QED) is 0.873. The van der Waals surface area contributed by atoms with Crippen LogP contribution in [0, 0.1) is 0 Å². The zero-order chi connectivity index (χ0) is 18.9. The lowest BCUT2D eigenvalue weighted by Gasteiger charge is -2.30. The average molecular weight is 376 g/mol. The van der Waals surface area contributed by atoms with E-state index in [1.54, 1.807) is 35.2 Å². The number of primary sulfonamides is 1. The molecule has 0 spiro atoms. The summed E-state index contributed by atoms with van der Waals surface area (Å²) in [5.74, 6) is 0.561. The van der Waals surface area contributed by atoms with E-state index in [-0.39, 0.29) is 16.6 Å². The van der Waals surface area contributed by atoms with Gasteiger partial charge in [-0.25, -0.2) is 13.6 Å². The Morgan fingerprint density at radius 1 is 1.08 bits per heavy atom. The average Bonchev–Trinajstić information content (AvgIpc) is 2.65. The van der Waals surface area contributed by atoms with Crippen molar-refractivity contribution in [3.8, 4) is 11.5 Å². The minimum atomic E-state index is -3.88. The zero-order valence-corrected chi connectivity index (χ0v) is 15.4. The molecule has 0 radical (unpaired) electrons. The number of nitrogens with zero attached hydrogens (tertiary/aromatic N) is 1. The van der Waals surface area contributed by atoms with Crippen molar-refractivity contribution in [1.29, 1.82) is 0 Å². The van der Waals surface area contributed by atoms with E-state index in [2.05, 4.69) is 0 Å². The summed E-state index contributed by atoms with van der Waals surface area (Å²) < 4.78 is 33.9. The van der Waals surface area contributed by atoms with E-state index in [9.17, 15) is 13.2 Å². The predicted molar refractivity (Wildman–Crippen MR) is 95.8 cm³/mol. The molecule has 138 valence electrons. The Morgan fingerprint density at radius 2 is 1.77 bits per heavy atom. The lowest BCUT2D eigenvalue weighted by atomic mass is 9.98. The van der Waals surface area contributed by atoms with E-state index in [0.29, 0.717) is 30.8 Å². The van der Waals surface area contributed by atoms with E-state index in [1.807, 2.05) is 0 Å². The Bertz CT molecular complexity index is 956. The summed E-state index contributed by atoms with van der Waals surface area (Å²) in [6.07, 6.45) is 0.530. The van der Waals surface area contributed by atoms with Crippen molar-refractivity contribution in [2.24, 2.45) is 5.14 Å². The zero-order valence-electron chi connectivity index (χ0n) is 14.6. The molecule has 1 aliphatic rings. The first-order valence-corrected chi connectivity index (χ1v) is 9.54. The second-order valence-corrected chi connectivity index (χ2v) is 7.52. The molecule has 3 rings (SSSR count). The molecule has 1 aliphatic heterocycles. The fraction of sp³-hybridized carbons (Fsp3) is 0.278. The molecular weight excluding hydrogens is 356 g/mol. The third-order valence-corrected chi connectivity index (χ3v) is 5.36. The molecule has 0 saturated heterocycles. The second kappa shape index (κ2) is 6.97. The molecule has 1 amide bonds. The molecule has 1 heterocycles. The highest BCUT2D eigenvalue weighted by Gasteiger charge is 2.26. The van der Waals surface area contributed by atoms with Crippen LogP contribution in [-0.4, -0.2) is 40.0 Å². The number of para-hydroxylation sites is 1. The van der Waals surface area contributed by atoms with Crippen LogP contribution in [0.3, 0.4) is 0 Å². The number of hydrogen-bond donors (Lipinski definition) is 1. The maximum absolute atomic E-state index is 12.9. The summed E-state index contributed by atoms with van der Waals surface area (Å²) in [6.45, 7) is 0.827. The summed E-state index contributed by atoms with van der Waals surface area (Å²) in [5.41, 5.74) is 2.18. The Hall–Kier alpha value is -2.58. The Labute approximate surface area is 152 Å². The van der Waals surface area contributed by atoms with Crippen LogP contribution in [0.25, 0.3) is 0 Å². The van der Waals surface area contributed by atoms with Crippen molar-refractivity contribution in [3.63, 3.8) is 0 Å². The van der Waals surface area contributed by atoms with Crippen molar-refractivity contribution in [2.45, 2.75) is 17.9 Å². The van der Waals surface area contributed by atoms with Gasteiger partial charge in [-0.3, -0.25) is 4.79 Å². The summed E-state index contributed by atoms with van der Waals surface area (Å²) in [6, 6.07) is 10.2. The Morgan fingerprint density at radius 3 is 2.42 bits per heavy atom. The number of hydrogen-bond acceptors (Lipinski definition) is 5. The molecule has 2 N–H and O–H groups in total. The van der Waals surface area contributed by atoms with Gasteiger partial charge in [0.15, 0.2) is 0 Å². The second-order valence-electron chi connectivity index (χ2n) is 5.99. The van der Waals surface area contributed by atoms with Crippen LogP contribution < -0.4 is 14.6 Å². The van der Waals surface area contributed by atoms with E-state index in [1.165, 1.54) is 20.3 Å². The SMILES string of the molecule is COc1ccccc1C(=O)N1CCc2cc(S(N)(=O)=O)c(OC)cc2C1. The van der Waals surface area contributed by atoms with Crippen molar-refractivity contribution in [2.75, 3.05) is 20.8 Å². The number of sulfonamides is 1. The topological polar surface area (TPSA) is 98.9 Å². The van der Waals surface area contributed by atoms with E-state index in [4.69, 9.17) is 14.6 Å². The van der Waals surface area contributed by atoms with E-state index >= 15 is 0 Å². The summed E-state index contributed by atoms with van der Waals surface area (Å²) in [5, 5.41) is 5.26. The number of rotatable bonds is 4. The third kappa shape index (κ3) is 3.38. The van der Waals surface area contributed by atoms with Crippen molar-refractivity contribution < 1.29 is 22.7 Å². The minimum absolute atomic E-state index is 0.0387. The molecule has 0 fully saturated rings. The maximum Gasteiger partial charge on any atom is 0.257 e. The van der Waals surface area contributed by atoms with Crippen molar-refractivity contribution >= 4 is 15.9 Å². The largest absolute Gasteiger partial charge is 0.496 e. The van der Waals surface area contributed by atoms with E-state index < -0.39 is 10.0 Å². The number of benzene rings is 2. The molecular formula is C18H20N2O5S. The van der Waals surface area contributed by atoms with Gasteiger partial charge < -0.3 is 14.4 Å². The van der Waals surface area contributed by atoms with Gasteiger partial charge in [-0.2, -0.15) is 0 Å². The van der Waals surface area contributed by atoms with Gasteiger partial charge in [-0.15, -0.1) is 0 Å². The number of methoxy groups -OCH3 is 2. The number of nitrogens with two attached hydrogens (primary N) is 1. The molecule has 8 heteroatoms. The maximum atomic E-state index is 12.9. The molecule has 0 bridgehead atoms. The summed E-state index contributed by atoms with van der Waals surface area (Å²) in [7, 11) is -0.972. The number of amides is 1. The highest BCUT2D eigenvalue weighted by atomic mass is 32.2. The highest BCUT2D eigenvalue weighted by molar-refractivity contribution is 7.89. The summed E-state index contributed by atoms with van der Waals surface area (Å²) >= 11 is 0. The fourth-order valence-electron chi connectivity index (χ4n) is 3.11. The highest BCUT2D eigenvalue weighted by Crippen LogP contribution is 2.31. The number of carbonyl (C=O) groups is 1. The first-order chi connectivity index (χ1) is 12.3. The van der Waals surface area contributed by atoms with Gasteiger partial charge in [0, 0.05) is 13.1 Å². The molecule has 0 atom stereocenters. The molecule has 7 nitrogen and oxygen atoms in total. The molecule has 26 heavy (non-hydrogen) atoms. The van der Waals surface area contributed by atoms with Crippen LogP contribution in [0.4, 0.5) is 0 Å². The molecule has 2 aromatic carbocycles. The van der Waals surface area contributed by atoms with Crippen LogP contribution in [0.1, 0.15) is 21.5 Å². The molecule has 0 aromatic heterocycles. The minimum Gasteiger partial charge on any atom is -0.496 e. The van der Waals surface area contributed by atoms with Crippen LogP contribution in [0.2, 0.25) is 0 Å². The fourth-order valence-corrected chi connectivity index (χ4v) is 3.84. The predicted octanol–water partition coefficient (Wildman–Crippen LogP) is 1.55. The third-order valence-electron chi connectivity index (χ3n) is 4.43. The van der Waals surface area contributed by atoms with Crippen LogP contribution >= 0.6 is 0 Å². The van der Waals surface area contributed by atoms with Gasteiger partial charge in [-0.05, 0) is 41.8 Å². The van der Waals surface area contributed by atoms with Gasteiger partial charge >= 0.3 is 0 Å². The number of ether oxygens (including phenoxy) is 2. The first-order valence-electron chi connectivity index (χ1n) is 8.00. The van der Waals surface area contributed by atoms with E-state index in [0.717, 1.165) is 11.1 Å². The van der Waals surface area contributed by atoms with Crippen molar-refractivity contribution in [3.05, 3.63) is 53.1 Å². The normalized spacial score (nSPS) is 13.9. The number of fused-ring (bicyclic) bond motifs is 1. The summed E-state index contributed by atoms with van der Waals surface area (Å²) in [4.78, 5) is 14.5.